The van der Waals surface area contributed by atoms with Crippen LogP contribution < -0.4 is 10.6 Å². The highest BCUT2D eigenvalue weighted by Crippen LogP contribution is 2.38. The Hall–Kier alpha value is -3.12. The van der Waals surface area contributed by atoms with Gasteiger partial charge in [-0.1, -0.05) is 76.6 Å². The van der Waals surface area contributed by atoms with Crippen LogP contribution in [0.5, 0.6) is 0 Å². The van der Waals surface area contributed by atoms with Gasteiger partial charge in [-0.25, -0.2) is 4.99 Å². The van der Waals surface area contributed by atoms with Crippen LogP contribution in [0, 0.1) is 17.8 Å². The van der Waals surface area contributed by atoms with E-state index in [0.717, 1.165) is 23.2 Å². The zero-order chi connectivity index (χ0) is 25.1. The molecule has 0 saturated carbocycles. The van der Waals surface area contributed by atoms with Crippen LogP contribution in [0.3, 0.4) is 0 Å². The molecule has 1 aliphatic rings. The average molecular weight is 493 g/mol. The molecular formula is C28H33ClN4O2. The summed E-state index contributed by atoms with van der Waals surface area (Å²) in [6.45, 7) is 10.6. The van der Waals surface area contributed by atoms with Crippen LogP contribution >= 0.6 is 11.6 Å². The molecule has 35 heavy (non-hydrogen) atoms. The Balaban J connectivity index is 1.72. The number of allylic oxidation sites excluding steroid dienone is 1. The maximum absolute atomic E-state index is 13.9. The highest BCUT2D eigenvalue weighted by atomic mass is 35.5. The van der Waals surface area contributed by atoms with Gasteiger partial charge in [0.15, 0.2) is 11.4 Å². The van der Waals surface area contributed by atoms with Crippen molar-refractivity contribution in [2.75, 3.05) is 5.32 Å². The number of rotatable bonds is 8. The summed E-state index contributed by atoms with van der Waals surface area (Å²) in [7, 11) is 0. The summed E-state index contributed by atoms with van der Waals surface area (Å²) in [5.74, 6) is 1.22. The smallest absolute Gasteiger partial charge is 0.302 e. The fourth-order valence-electron chi connectivity index (χ4n) is 4.63. The number of hydrogen-bond acceptors (Lipinski definition) is 6. The van der Waals surface area contributed by atoms with Gasteiger partial charge in [-0.2, -0.15) is 4.98 Å². The Labute approximate surface area is 211 Å². The van der Waals surface area contributed by atoms with Crippen molar-refractivity contribution in [1.29, 1.82) is 0 Å². The summed E-state index contributed by atoms with van der Waals surface area (Å²) >= 11 is 6.62. The van der Waals surface area contributed by atoms with E-state index in [0.29, 0.717) is 40.5 Å². The van der Waals surface area contributed by atoms with E-state index < -0.39 is 6.04 Å². The van der Waals surface area contributed by atoms with Crippen LogP contribution in [0.25, 0.3) is 11.1 Å². The van der Waals surface area contributed by atoms with E-state index in [1.165, 1.54) is 0 Å². The molecule has 1 aliphatic heterocycles. The highest BCUT2D eigenvalue weighted by molar-refractivity contribution is 6.31. The van der Waals surface area contributed by atoms with E-state index in [2.05, 4.69) is 36.4 Å². The number of aromatic nitrogens is 1. The third kappa shape index (κ3) is 5.43. The number of guanidine groups is 1. The molecule has 7 heteroatoms. The molecule has 0 bridgehead atoms. The molecule has 184 valence electrons. The van der Waals surface area contributed by atoms with Crippen molar-refractivity contribution in [3.63, 3.8) is 0 Å². The number of Topliss-reactive ketones (excluding diaryl/α,β-unsaturated/α-hetero) is 1. The molecule has 3 aromatic rings. The van der Waals surface area contributed by atoms with Gasteiger partial charge < -0.3 is 9.73 Å². The quantitative estimate of drug-likeness (QED) is 0.349. The maximum Gasteiger partial charge on any atom is 0.302 e. The number of carbonyl (C=O) groups is 1. The lowest BCUT2D eigenvalue weighted by Gasteiger charge is -2.30. The molecule has 3 atom stereocenters. The van der Waals surface area contributed by atoms with Crippen molar-refractivity contribution in [1.82, 2.24) is 10.3 Å². The zero-order valence-corrected chi connectivity index (χ0v) is 21.7. The predicted molar refractivity (Wildman–Crippen MR) is 143 cm³/mol. The first-order valence-corrected chi connectivity index (χ1v) is 12.6. The van der Waals surface area contributed by atoms with E-state index in [1.807, 2.05) is 62.4 Å². The number of aliphatic imine (C=N–C) groups is 1. The molecular weight excluding hydrogens is 460 g/mol. The van der Waals surface area contributed by atoms with Crippen LogP contribution in [0.2, 0.25) is 5.02 Å². The summed E-state index contributed by atoms with van der Waals surface area (Å²) in [5, 5.41) is 7.08. The Kier molecular flexibility index (Phi) is 7.60. The third-order valence-electron chi connectivity index (χ3n) is 6.57. The van der Waals surface area contributed by atoms with Crippen molar-refractivity contribution in [3.8, 4) is 0 Å². The molecule has 2 heterocycles. The maximum atomic E-state index is 13.9. The van der Waals surface area contributed by atoms with Gasteiger partial charge in [0, 0.05) is 22.2 Å². The van der Waals surface area contributed by atoms with Gasteiger partial charge in [-0.05, 0) is 48.4 Å². The molecule has 6 nitrogen and oxygen atoms in total. The number of halogens is 1. The molecule has 0 spiro atoms. The number of nitrogens with zero attached hydrogens (tertiary/aromatic N) is 2. The van der Waals surface area contributed by atoms with Crippen molar-refractivity contribution >= 4 is 40.5 Å². The molecule has 0 fully saturated rings. The first-order valence-electron chi connectivity index (χ1n) is 12.3. The second kappa shape index (κ2) is 10.6. The van der Waals surface area contributed by atoms with E-state index in [1.54, 1.807) is 0 Å². The first kappa shape index (κ1) is 25.0. The second-order valence-corrected chi connectivity index (χ2v) is 10.1. The number of oxazole rings is 1. The average Bonchev–Trinajstić information content (AvgIpc) is 3.24. The van der Waals surface area contributed by atoms with Gasteiger partial charge >= 0.3 is 6.01 Å². The largest absolute Gasteiger partial charge is 0.423 e. The predicted octanol–water partition coefficient (Wildman–Crippen LogP) is 7.15. The minimum Gasteiger partial charge on any atom is -0.423 e. The Morgan fingerprint density at radius 1 is 1.11 bits per heavy atom. The summed E-state index contributed by atoms with van der Waals surface area (Å²) in [6, 6.07) is 14.9. The van der Waals surface area contributed by atoms with Crippen LogP contribution in [-0.4, -0.2) is 16.7 Å². The molecule has 1 aromatic heterocycles. The molecule has 2 aromatic carbocycles. The Bertz CT molecular complexity index is 1240. The Morgan fingerprint density at radius 3 is 2.51 bits per heavy atom. The lowest BCUT2D eigenvalue weighted by atomic mass is 9.79. The number of benzene rings is 2. The number of anilines is 1. The fraction of sp³-hybridized carbons (Fsp3) is 0.393. The summed E-state index contributed by atoms with van der Waals surface area (Å²) in [5.41, 5.74) is 3.74. The zero-order valence-electron chi connectivity index (χ0n) is 20.9. The van der Waals surface area contributed by atoms with Gasteiger partial charge in [0.2, 0.25) is 5.96 Å². The number of ketones is 1. The van der Waals surface area contributed by atoms with Crippen LogP contribution in [0.1, 0.15) is 59.1 Å². The van der Waals surface area contributed by atoms with Gasteiger partial charge in [0.05, 0.1) is 0 Å². The number of fused-ring (bicyclic) bond motifs is 1. The van der Waals surface area contributed by atoms with Gasteiger partial charge in [0.1, 0.15) is 11.6 Å². The van der Waals surface area contributed by atoms with Crippen molar-refractivity contribution in [2.24, 2.45) is 22.7 Å². The summed E-state index contributed by atoms with van der Waals surface area (Å²) in [4.78, 5) is 23.3. The van der Waals surface area contributed by atoms with Gasteiger partial charge in [-0.3, -0.25) is 10.1 Å². The fourth-order valence-corrected chi connectivity index (χ4v) is 4.87. The van der Waals surface area contributed by atoms with E-state index in [-0.39, 0.29) is 17.6 Å². The lowest BCUT2D eigenvalue weighted by molar-refractivity contribution is -0.120. The summed E-state index contributed by atoms with van der Waals surface area (Å²) < 4.78 is 5.83. The molecule has 0 saturated heterocycles. The standard InChI is InChI=1S/C28H33ClN4O2/c1-6-21-24(26(34)18(5)17(4)15-16(2)3)25(19-11-7-8-12-20(19)29)32-27(30-21)33-28-31-22-13-9-10-14-23(22)35-28/h7-14,16-18,25H,6,15H2,1-5H3,(H2,30,31,32,33). The molecule has 4 rings (SSSR count). The molecule has 0 radical (unpaired) electrons. The highest BCUT2D eigenvalue weighted by Gasteiger charge is 2.35. The van der Waals surface area contributed by atoms with E-state index >= 15 is 0 Å². The van der Waals surface area contributed by atoms with Crippen molar-refractivity contribution in [2.45, 2.75) is 53.5 Å². The molecule has 3 unspecified atom stereocenters. The van der Waals surface area contributed by atoms with E-state index in [4.69, 9.17) is 21.0 Å². The lowest BCUT2D eigenvalue weighted by Crippen LogP contribution is -2.38. The van der Waals surface area contributed by atoms with Crippen molar-refractivity contribution < 1.29 is 9.21 Å². The third-order valence-corrected chi connectivity index (χ3v) is 6.92. The van der Waals surface area contributed by atoms with Gasteiger partial charge in [0.25, 0.3) is 0 Å². The normalized spacial score (nSPS) is 17.8. The number of hydrogen-bond donors (Lipinski definition) is 2. The number of para-hydroxylation sites is 2. The van der Waals surface area contributed by atoms with Crippen LogP contribution in [0.15, 0.2) is 69.2 Å². The van der Waals surface area contributed by atoms with Crippen LogP contribution in [0.4, 0.5) is 6.01 Å². The SMILES string of the molecule is CCC1=C(C(=O)C(C)C(C)CC(C)C)C(c2ccccc2Cl)N=C(Nc2nc3ccccc3o2)N1. The second-order valence-electron chi connectivity index (χ2n) is 9.64. The number of nitrogens with one attached hydrogen (secondary N) is 2. The monoisotopic (exact) mass is 492 g/mol. The molecule has 2 N–H and O–H groups in total. The minimum atomic E-state index is -0.534. The Morgan fingerprint density at radius 2 is 1.83 bits per heavy atom. The number of carbonyl (C=O) groups excluding carboxylic acids is 1. The van der Waals surface area contributed by atoms with E-state index in [9.17, 15) is 4.79 Å². The first-order chi connectivity index (χ1) is 16.8. The summed E-state index contributed by atoms with van der Waals surface area (Å²) in [6.07, 6.45) is 1.63. The molecule has 0 aliphatic carbocycles. The van der Waals surface area contributed by atoms with Gasteiger partial charge in [-0.15, -0.1) is 0 Å². The topological polar surface area (TPSA) is 79.5 Å². The van der Waals surface area contributed by atoms with Crippen LogP contribution in [-0.2, 0) is 4.79 Å². The van der Waals surface area contributed by atoms with Crippen molar-refractivity contribution in [3.05, 3.63) is 70.4 Å². The molecule has 0 amide bonds. The minimum absolute atomic E-state index is 0.108.